The summed E-state index contributed by atoms with van der Waals surface area (Å²) in [4.78, 5) is 15.4. The maximum absolute atomic E-state index is 11.1. The summed E-state index contributed by atoms with van der Waals surface area (Å²) in [7, 11) is 0. The van der Waals surface area contributed by atoms with Gasteiger partial charge in [0.1, 0.15) is 6.07 Å². The van der Waals surface area contributed by atoms with Crippen LogP contribution in [0.1, 0.15) is 44.1 Å². The Kier molecular flexibility index (Phi) is 5.63. The maximum Gasteiger partial charge on any atom is 0.209 e. The highest BCUT2D eigenvalue weighted by molar-refractivity contribution is 6.32. The summed E-state index contributed by atoms with van der Waals surface area (Å²) < 4.78 is 0. The Morgan fingerprint density at radius 3 is 2.71 bits per heavy atom. The third kappa shape index (κ3) is 3.84. The highest BCUT2D eigenvalue weighted by atomic mass is 35.5. The highest BCUT2D eigenvalue weighted by Gasteiger charge is 2.29. The summed E-state index contributed by atoms with van der Waals surface area (Å²) in [5.41, 5.74) is 1.58. The second kappa shape index (κ2) is 7.90. The number of hydrogen-bond donors (Lipinski definition) is 0. The summed E-state index contributed by atoms with van der Waals surface area (Å²) in [6, 6.07) is 8.17. The largest absolute Gasteiger partial charge is 0.366 e. The van der Waals surface area contributed by atoms with Crippen molar-refractivity contribution >= 4 is 23.7 Å². The molecule has 1 heterocycles. The zero-order chi connectivity index (χ0) is 16.9. The number of likely N-dealkylation sites (tertiary alicyclic amines) is 1. The van der Waals surface area contributed by atoms with Crippen LogP contribution >= 0.6 is 11.6 Å². The number of carbonyl (C=O) groups is 1. The first kappa shape index (κ1) is 17.1. The van der Waals surface area contributed by atoms with Gasteiger partial charge < -0.3 is 9.80 Å². The van der Waals surface area contributed by atoms with E-state index in [1.54, 1.807) is 6.07 Å². The normalized spacial score (nSPS) is 21.5. The van der Waals surface area contributed by atoms with Crippen molar-refractivity contribution in [3.05, 3.63) is 28.8 Å². The van der Waals surface area contributed by atoms with E-state index < -0.39 is 0 Å². The van der Waals surface area contributed by atoms with E-state index in [9.17, 15) is 4.79 Å². The lowest BCUT2D eigenvalue weighted by atomic mass is 9.88. The van der Waals surface area contributed by atoms with Gasteiger partial charge in [-0.05, 0) is 43.4 Å². The van der Waals surface area contributed by atoms with Crippen molar-refractivity contribution in [1.82, 2.24) is 4.90 Å². The number of halogens is 1. The minimum atomic E-state index is 0.334. The lowest BCUT2D eigenvalue weighted by Gasteiger charge is -2.35. The van der Waals surface area contributed by atoms with Crippen LogP contribution in [-0.2, 0) is 4.79 Å². The molecule has 4 nitrogen and oxygen atoms in total. The molecule has 0 spiro atoms. The summed E-state index contributed by atoms with van der Waals surface area (Å²) in [6.07, 6.45) is 8.49. The van der Waals surface area contributed by atoms with Crippen molar-refractivity contribution in [1.29, 1.82) is 5.26 Å². The van der Waals surface area contributed by atoms with Gasteiger partial charge in [0, 0.05) is 31.4 Å². The van der Waals surface area contributed by atoms with Gasteiger partial charge in [-0.3, -0.25) is 4.79 Å². The van der Waals surface area contributed by atoms with Gasteiger partial charge in [-0.2, -0.15) is 5.26 Å². The fraction of sp³-hybridized carbons (Fsp3) is 0.579. The minimum absolute atomic E-state index is 0.334. The molecular formula is C19H24ClN3O. The summed E-state index contributed by atoms with van der Waals surface area (Å²) in [5, 5.41) is 9.60. The molecule has 128 valence electrons. The van der Waals surface area contributed by atoms with Gasteiger partial charge in [-0.15, -0.1) is 0 Å². The molecule has 3 rings (SSSR count). The molecule has 5 heteroatoms. The van der Waals surface area contributed by atoms with E-state index in [-0.39, 0.29) is 0 Å². The Labute approximate surface area is 149 Å². The van der Waals surface area contributed by atoms with Crippen LogP contribution in [0.4, 0.5) is 5.69 Å². The molecule has 2 aliphatic rings. The lowest BCUT2D eigenvalue weighted by Crippen LogP contribution is -2.41. The highest BCUT2D eigenvalue weighted by Crippen LogP contribution is 2.31. The Hall–Kier alpha value is -1.73. The van der Waals surface area contributed by atoms with Crippen LogP contribution in [0.15, 0.2) is 18.2 Å². The first-order valence-electron chi connectivity index (χ1n) is 8.87. The molecule has 1 saturated carbocycles. The number of hydrogen-bond acceptors (Lipinski definition) is 3. The van der Waals surface area contributed by atoms with Gasteiger partial charge >= 0.3 is 0 Å². The van der Waals surface area contributed by atoms with Gasteiger partial charge in [0.2, 0.25) is 6.41 Å². The van der Waals surface area contributed by atoms with Crippen LogP contribution in [-0.4, -0.2) is 37.0 Å². The molecule has 1 amide bonds. The maximum atomic E-state index is 11.1. The number of anilines is 1. The fourth-order valence-corrected chi connectivity index (χ4v) is 4.22. The first-order chi connectivity index (χ1) is 11.7. The van der Waals surface area contributed by atoms with E-state index in [4.69, 9.17) is 16.9 Å². The molecule has 0 N–H and O–H groups in total. The monoisotopic (exact) mass is 345 g/mol. The predicted octanol–water partition coefficient (Wildman–Crippen LogP) is 3.83. The number of nitriles is 1. The van der Waals surface area contributed by atoms with Crippen molar-refractivity contribution < 1.29 is 4.79 Å². The van der Waals surface area contributed by atoms with Crippen LogP contribution < -0.4 is 4.90 Å². The number of benzene rings is 1. The summed E-state index contributed by atoms with van der Waals surface area (Å²) >= 11 is 6.26. The van der Waals surface area contributed by atoms with Crippen molar-refractivity contribution in [2.24, 2.45) is 5.92 Å². The molecule has 1 atom stereocenters. The molecule has 1 aliphatic carbocycles. The molecule has 0 bridgehead atoms. The van der Waals surface area contributed by atoms with Crippen molar-refractivity contribution in [2.75, 3.05) is 24.5 Å². The van der Waals surface area contributed by atoms with E-state index in [1.807, 2.05) is 17.0 Å². The van der Waals surface area contributed by atoms with Crippen molar-refractivity contribution in [3.63, 3.8) is 0 Å². The minimum Gasteiger partial charge on any atom is -0.366 e. The molecule has 2 fully saturated rings. The van der Waals surface area contributed by atoms with Gasteiger partial charge in [-0.1, -0.05) is 30.9 Å². The van der Waals surface area contributed by atoms with E-state index in [0.29, 0.717) is 22.5 Å². The fourth-order valence-electron chi connectivity index (χ4n) is 4.00. The van der Waals surface area contributed by atoms with Gasteiger partial charge in [0.15, 0.2) is 0 Å². The molecule has 0 radical (unpaired) electrons. The van der Waals surface area contributed by atoms with E-state index in [0.717, 1.165) is 38.2 Å². The smallest absolute Gasteiger partial charge is 0.209 e. The van der Waals surface area contributed by atoms with Crippen LogP contribution in [0.3, 0.4) is 0 Å². The van der Waals surface area contributed by atoms with Crippen LogP contribution in [0.2, 0.25) is 5.02 Å². The van der Waals surface area contributed by atoms with E-state index in [2.05, 4.69) is 11.0 Å². The third-order valence-electron chi connectivity index (χ3n) is 5.37. The first-order valence-corrected chi connectivity index (χ1v) is 9.24. The van der Waals surface area contributed by atoms with E-state index in [1.165, 1.54) is 32.1 Å². The Bertz CT molecular complexity index is 622. The van der Waals surface area contributed by atoms with Gasteiger partial charge in [0.25, 0.3) is 0 Å². The van der Waals surface area contributed by atoms with Gasteiger partial charge in [0.05, 0.1) is 10.6 Å². The predicted molar refractivity (Wildman–Crippen MR) is 96.1 cm³/mol. The molecule has 1 unspecified atom stereocenters. The molecule has 0 aromatic heterocycles. The molecule has 1 aliphatic heterocycles. The Morgan fingerprint density at radius 2 is 2.08 bits per heavy atom. The Balaban J connectivity index is 1.82. The van der Waals surface area contributed by atoms with Crippen LogP contribution in [0.5, 0.6) is 0 Å². The average Bonchev–Trinajstić information content (AvgIpc) is 3.09. The molecule has 1 aromatic carbocycles. The second-order valence-electron chi connectivity index (χ2n) is 6.98. The topological polar surface area (TPSA) is 47.3 Å². The van der Waals surface area contributed by atoms with E-state index >= 15 is 0 Å². The molecule has 24 heavy (non-hydrogen) atoms. The Morgan fingerprint density at radius 1 is 1.29 bits per heavy atom. The van der Waals surface area contributed by atoms with Crippen LogP contribution in [0.25, 0.3) is 0 Å². The zero-order valence-electron chi connectivity index (χ0n) is 14.0. The quantitative estimate of drug-likeness (QED) is 0.762. The standard InChI is InChI=1S/C19H24ClN3O/c20-19-10-17(7-6-16(19)11-21)23(12-15-4-2-1-3-5-15)18-8-9-22(13-18)14-24/h6-7,10,14-15,18H,1-5,8-9,12-13H2. The summed E-state index contributed by atoms with van der Waals surface area (Å²) in [5.74, 6) is 0.707. The number of amides is 1. The number of rotatable bonds is 5. The molecular weight excluding hydrogens is 322 g/mol. The number of nitrogens with zero attached hydrogens (tertiary/aromatic N) is 3. The van der Waals surface area contributed by atoms with Crippen molar-refractivity contribution in [3.8, 4) is 6.07 Å². The average molecular weight is 346 g/mol. The molecule has 1 saturated heterocycles. The van der Waals surface area contributed by atoms with Crippen molar-refractivity contribution in [2.45, 2.75) is 44.6 Å². The SMILES string of the molecule is N#Cc1ccc(N(CC2CCCCC2)C2CCN(C=O)C2)cc1Cl. The zero-order valence-corrected chi connectivity index (χ0v) is 14.7. The summed E-state index contributed by atoms with van der Waals surface area (Å²) in [6.45, 7) is 2.60. The molecule has 1 aromatic rings. The van der Waals surface area contributed by atoms with Crippen LogP contribution in [0, 0.1) is 17.2 Å². The number of carbonyl (C=O) groups excluding carboxylic acids is 1. The lowest BCUT2D eigenvalue weighted by molar-refractivity contribution is -0.117. The second-order valence-corrected chi connectivity index (χ2v) is 7.38. The third-order valence-corrected chi connectivity index (χ3v) is 5.68. The van der Waals surface area contributed by atoms with Gasteiger partial charge in [-0.25, -0.2) is 0 Å².